The van der Waals surface area contributed by atoms with Crippen molar-refractivity contribution >= 4 is 44.9 Å². The lowest BCUT2D eigenvalue weighted by Crippen LogP contribution is -2.21. The van der Waals surface area contributed by atoms with Crippen molar-refractivity contribution in [3.05, 3.63) is 54.1 Å². The maximum Gasteiger partial charge on any atom is 0.250 e. The van der Waals surface area contributed by atoms with Gasteiger partial charge in [0.25, 0.3) is 5.91 Å². The van der Waals surface area contributed by atoms with Gasteiger partial charge in [0, 0.05) is 0 Å². The Morgan fingerprint density at radius 1 is 1.23 bits per heavy atom. The van der Waals surface area contributed by atoms with E-state index in [9.17, 15) is 4.79 Å². The molecule has 1 N–H and O–H groups in total. The molecule has 0 fully saturated rings. The summed E-state index contributed by atoms with van der Waals surface area (Å²) >= 11 is 3.02. The number of ether oxygens (including phenoxy) is 1. The van der Waals surface area contributed by atoms with Gasteiger partial charge >= 0.3 is 0 Å². The molecule has 2 aromatic carbocycles. The number of carbonyl (C=O) groups is 1. The molecule has 26 heavy (non-hydrogen) atoms. The van der Waals surface area contributed by atoms with Gasteiger partial charge in [-0.05, 0) is 48.4 Å². The second-order valence-electron chi connectivity index (χ2n) is 5.41. The Morgan fingerprint density at radius 3 is 2.69 bits per heavy atom. The number of hydrazone groups is 1. The van der Waals surface area contributed by atoms with E-state index >= 15 is 0 Å². The lowest BCUT2D eigenvalue weighted by atomic mass is 10.1. The number of benzene rings is 2. The molecule has 0 radical (unpaired) electrons. The zero-order chi connectivity index (χ0) is 18.4. The molecule has 0 unspecified atom stereocenters. The van der Waals surface area contributed by atoms with Crippen molar-refractivity contribution in [3.8, 4) is 5.75 Å². The van der Waals surface area contributed by atoms with Crippen LogP contribution in [-0.2, 0) is 4.79 Å². The summed E-state index contributed by atoms with van der Waals surface area (Å²) in [6.45, 7) is 2.01. The Hall–Kier alpha value is -2.38. The highest BCUT2D eigenvalue weighted by molar-refractivity contribution is 8.01. The molecule has 0 aliphatic heterocycles. The minimum atomic E-state index is -0.145. The van der Waals surface area contributed by atoms with Gasteiger partial charge in [0.2, 0.25) is 0 Å². The van der Waals surface area contributed by atoms with Crippen LogP contribution in [0, 0.1) is 0 Å². The summed E-state index contributed by atoms with van der Waals surface area (Å²) in [6, 6.07) is 15.6. The van der Waals surface area contributed by atoms with Crippen molar-refractivity contribution in [2.24, 2.45) is 5.10 Å². The quantitative estimate of drug-likeness (QED) is 0.374. The number of hydrogen-bond acceptors (Lipinski definition) is 6. The van der Waals surface area contributed by atoms with Gasteiger partial charge in [-0.25, -0.2) is 10.4 Å². The molecule has 0 aliphatic rings. The lowest BCUT2D eigenvalue weighted by Gasteiger charge is -2.06. The molecule has 134 valence electrons. The number of nitrogens with zero attached hydrogens (tertiary/aromatic N) is 2. The third kappa shape index (κ3) is 4.62. The summed E-state index contributed by atoms with van der Waals surface area (Å²) in [5.41, 5.74) is 5.39. The number of rotatable bonds is 7. The normalized spacial score (nSPS) is 11.5. The Balaban J connectivity index is 1.58. The van der Waals surface area contributed by atoms with Crippen LogP contribution in [0.15, 0.2) is 58.0 Å². The number of para-hydroxylation sites is 1. The van der Waals surface area contributed by atoms with Gasteiger partial charge in [-0.1, -0.05) is 30.8 Å². The van der Waals surface area contributed by atoms with Crippen LogP contribution in [0.2, 0.25) is 0 Å². The average molecular weight is 386 g/mol. The molecule has 1 amide bonds. The zero-order valence-electron chi connectivity index (χ0n) is 14.6. The summed E-state index contributed by atoms with van der Waals surface area (Å²) in [4.78, 5) is 16.6. The fourth-order valence-electron chi connectivity index (χ4n) is 2.33. The molecule has 7 heteroatoms. The van der Waals surface area contributed by atoms with Crippen LogP contribution in [0.1, 0.15) is 18.9 Å². The Bertz CT molecular complexity index is 887. The summed E-state index contributed by atoms with van der Waals surface area (Å²) in [5, 5.41) is 4.27. The predicted octanol–water partition coefficient (Wildman–Crippen LogP) is 4.33. The second kappa shape index (κ2) is 8.82. The van der Waals surface area contributed by atoms with Crippen LogP contribution in [0.3, 0.4) is 0 Å². The van der Waals surface area contributed by atoms with E-state index in [1.54, 1.807) is 18.4 Å². The summed E-state index contributed by atoms with van der Waals surface area (Å²) in [7, 11) is 1.63. The van der Waals surface area contributed by atoms with Crippen molar-refractivity contribution < 1.29 is 9.53 Å². The molecule has 5 nitrogen and oxygen atoms in total. The highest BCUT2D eigenvalue weighted by Crippen LogP contribution is 2.29. The predicted molar refractivity (Wildman–Crippen MR) is 108 cm³/mol. The van der Waals surface area contributed by atoms with Crippen LogP contribution in [0.25, 0.3) is 10.2 Å². The lowest BCUT2D eigenvalue weighted by molar-refractivity contribution is -0.118. The van der Waals surface area contributed by atoms with Gasteiger partial charge < -0.3 is 4.74 Å². The van der Waals surface area contributed by atoms with Crippen LogP contribution >= 0.6 is 23.1 Å². The fraction of sp³-hybridized carbons (Fsp3) is 0.211. The summed E-state index contributed by atoms with van der Waals surface area (Å²) < 4.78 is 7.17. The van der Waals surface area contributed by atoms with E-state index in [4.69, 9.17) is 4.74 Å². The largest absolute Gasteiger partial charge is 0.497 e. The van der Waals surface area contributed by atoms with Crippen molar-refractivity contribution in [1.82, 2.24) is 10.4 Å². The van der Waals surface area contributed by atoms with E-state index in [-0.39, 0.29) is 11.7 Å². The van der Waals surface area contributed by atoms with E-state index in [0.717, 1.165) is 38.0 Å². The number of amides is 1. The first-order valence-corrected chi connectivity index (χ1v) is 9.98. The highest BCUT2D eigenvalue weighted by atomic mass is 32.2. The third-order valence-electron chi connectivity index (χ3n) is 3.67. The van der Waals surface area contributed by atoms with Gasteiger partial charge in [-0.15, -0.1) is 11.3 Å². The van der Waals surface area contributed by atoms with Gasteiger partial charge in [-0.2, -0.15) is 5.10 Å². The van der Waals surface area contributed by atoms with Crippen LogP contribution in [0.5, 0.6) is 5.75 Å². The molecule has 1 heterocycles. The number of nitrogens with one attached hydrogen (secondary N) is 1. The van der Waals surface area contributed by atoms with Gasteiger partial charge in [0.15, 0.2) is 4.34 Å². The van der Waals surface area contributed by atoms with Crippen molar-refractivity contribution in [3.63, 3.8) is 0 Å². The SMILES string of the molecule is CC/C(=N\NC(=O)CSc1nc2ccccc2s1)c1ccc(OC)cc1. The number of methoxy groups -OCH3 is 1. The molecular formula is C19H19N3O2S2. The number of hydrogen-bond donors (Lipinski definition) is 1. The maximum atomic E-state index is 12.1. The smallest absolute Gasteiger partial charge is 0.250 e. The first-order valence-electron chi connectivity index (χ1n) is 8.17. The Morgan fingerprint density at radius 2 is 2.00 bits per heavy atom. The molecular weight excluding hydrogens is 366 g/mol. The molecule has 0 aliphatic carbocycles. The molecule has 0 bridgehead atoms. The fourth-order valence-corrected chi connectivity index (χ4v) is 4.19. The maximum absolute atomic E-state index is 12.1. The van der Waals surface area contributed by atoms with Crippen molar-refractivity contribution in [2.45, 2.75) is 17.7 Å². The molecule has 0 saturated heterocycles. The second-order valence-corrected chi connectivity index (χ2v) is 7.66. The molecule has 1 aromatic heterocycles. The van der Waals surface area contributed by atoms with Crippen LogP contribution in [-0.4, -0.2) is 29.5 Å². The van der Waals surface area contributed by atoms with E-state index in [0.29, 0.717) is 0 Å². The molecule has 0 spiro atoms. The van der Waals surface area contributed by atoms with Crippen LogP contribution < -0.4 is 10.2 Å². The molecule has 0 atom stereocenters. The van der Waals surface area contributed by atoms with E-state index in [1.165, 1.54) is 11.8 Å². The number of aromatic nitrogens is 1. The van der Waals surface area contributed by atoms with E-state index < -0.39 is 0 Å². The summed E-state index contributed by atoms with van der Waals surface area (Å²) in [5.74, 6) is 0.928. The van der Waals surface area contributed by atoms with Gasteiger partial charge in [0.1, 0.15) is 5.75 Å². The van der Waals surface area contributed by atoms with E-state index in [2.05, 4.69) is 15.5 Å². The average Bonchev–Trinajstić information content (AvgIpc) is 3.10. The topological polar surface area (TPSA) is 63.6 Å². The van der Waals surface area contributed by atoms with Crippen molar-refractivity contribution in [1.29, 1.82) is 0 Å². The number of fused-ring (bicyclic) bond motifs is 1. The first-order chi connectivity index (χ1) is 12.7. The standard InChI is InChI=1S/C19H19N3O2S2/c1-3-15(13-8-10-14(24-2)11-9-13)21-22-18(23)12-25-19-20-16-6-4-5-7-17(16)26-19/h4-11H,3,12H2,1-2H3,(H,22,23)/b21-15+. The third-order valence-corrected chi connectivity index (χ3v) is 5.85. The highest BCUT2D eigenvalue weighted by Gasteiger charge is 2.08. The number of thiazole rings is 1. The molecule has 0 saturated carbocycles. The Labute approximate surface area is 160 Å². The summed E-state index contributed by atoms with van der Waals surface area (Å²) in [6.07, 6.45) is 0.720. The minimum absolute atomic E-state index is 0.145. The molecule has 3 aromatic rings. The van der Waals surface area contributed by atoms with Crippen LogP contribution in [0.4, 0.5) is 0 Å². The first kappa shape index (κ1) is 18.4. The minimum Gasteiger partial charge on any atom is -0.497 e. The monoisotopic (exact) mass is 385 g/mol. The Kier molecular flexibility index (Phi) is 6.25. The molecule has 3 rings (SSSR count). The zero-order valence-corrected chi connectivity index (χ0v) is 16.2. The van der Waals surface area contributed by atoms with Crippen molar-refractivity contribution in [2.75, 3.05) is 12.9 Å². The van der Waals surface area contributed by atoms with Gasteiger partial charge in [0.05, 0.1) is 28.8 Å². The number of carbonyl (C=O) groups excluding carboxylic acids is 1. The van der Waals surface area contributed by atoms with Gasteiger partial charge in [-0.3, -0.25) is 4.79 Å². The van der Waals surface area contributed by atoms with E-state index in [1.807, 2.05) is 55.5 Å². The number of thioether (sulfide) groups is 1.